The summed E-state index contributed by atoms with van der Waals surface area (Å²) in [5.74, 6) is 0.0374. The average molecular weight is 474 g/mol. The number of hydrogen-bond acceptors (Lipinski definition) is 4. The molecular weight excluding hydrogens is 446 g/mol. The van der Waals surface area contributed by atoms with Gasteiger partial charge in [0.05, 0.1) is 18.2 Å². The highest BCUT2D eigenvalue weighted by atomic mass is 35.5. The van der Waals surface area contributed by atoms with E-state index in [1.807, 2.05) is 42.5 Å². The maximum absolute atomic E-state index is 12.7. The van der Waals surface area contributed by atoms with Crippen molar-refractivity contribution in [2.75, 3.05) is 26.7 Å². The molecule has 2 aromatic rings. The molecule has 2 aliphatic rings. The van der Waals surface area contributed by atoms with Crippen LogP contribution in [0.15, 0.2) is 64.1 Å². The van der Waals surface area contributed by atoms with Gasteiger partial charge in [0.15, 0.2) is 0 Å². The van der Waals surface area contributed by atoms with Crippen LogP contribution in [0.2, 0.25) is 5.02 Å². The molecule has 7 nitrogen and oxygen atoms in total. The third-order valence-corrected chi connectivity index (χ3v) is 7.47. The van der Waals surface area contributed by atoms with Crippen molar-refractivity contribution in [1.29, 1.82) is 0 Å². The molecule has 1 fully saturated rings. The molecule has 0 N–H and O–H groups in total. The molecule has 0 spiro atoms. The molecule has 4 rings (SSSR count). The standard InChI is InChI=1S/C23H28ClN5O2S/c1-27(18-25-32(30,31)28-15-7-2-3-8-16-28)29-17-22(19-9-5-4-6-10-19)23(26-29)20-11-13-21(24)14-12-20/h4-6,9-14,18,22H,2-3,7-8,15-17H2,1H3. The maximum atomic E-state index is 12.7. The van der Waals surface area contributed by atoms with Gasteiger partial charge in [0, 0.05) is 25.2 Å². The van der Waals surface area contributed by atoms with Crippen molar-refractivity contribution in [3.63, 3.8) is 0 Å². The largest absolute Gasteiger partial charge is 0.323 e. The van der Waals surface area contributed by atoms with Crippen LogP contribution in [0.5, 0.6) is 0 Å². The zero-order valence-corrected chi connectivity index (χ0v) is 19.7. The predicted octanol–water partition coefficient (Wildman–Crippen LogP) is 4.14. The van der Waals surface area contributed by atoms with Crippen LogP contribution in [-0.2, 0) is 10.2 Å². The van der Waals surface area contributed by atoms with Crippen LogP contribution >= 0.6 is 11.6 Å². The second-order valence-electron chi connectivity index (χ2n) is 8.10. The molecule has 0 aromatic heterocycles. The molecule has 170 valence electrons. The lowest BCUT2D eigenvalue weighted by Crippen LogP contribution is -2.36. The topological polar surface area (TPSA) is 68.6 Å². The summed E-state index contributed by atoms with van der Waals surface area (Å²) in [6.07, 6.45) is 5.23. The van der Waals surface area contributed by atoms with E-state index in [4.69, 9.17) is 16.7 Å². The number of benzene rings is 2. The summed E-state index contributed by atoms with van der Waals surface area (Å²) in [4.78, 5) is 0. The summed E-state index contributed by atoms with van der Waals surface area (Å²) < 4.78 is 30.8. The van der Waals surface area contributed by atoms with Crippen molar-refractivity contribution < 1.29 is 8.42 Å². The smallest absolute Gasteiger partial charge is 0.261 e. The highest BCUT2D eigenvalue weighted by molar-refractivity contribution is 7.87. The fraction of sp³-hybridized carbons (Fsp3) is 0.391. The summed E-state index contributed by atoms with van der Waals surface area (Å²) in [6, 6.07) is 17.8. The van der Waals surface area contributed by atoms with E-state index < -0.39 is 10.2 Å². The number of hydrazone groups is 1. The van der Waals surface area contributed by atoms with Crippen LogP contribution in [-0.4, -0.2) is 61.6 Å². The van der Waals surface area contributed by atoms with Crippen molar-refractivity contribution in [1.82, 2.24) is 14.4 Å². The van der Waals surface area contributed by atoms with E-state index in [-0.39, 0.29) is 5.92 Å². The minimum absolute atomic E-state index is 0.0374. The molecule has 0 bridgehead atoms. The SMILES string of the molecule is CN(C=NS(=O)(=O)N1CCCCCC1)N1CC(c2ccccc2)C(c2ccc(Cl)cc2)=N1. The van der Waals surface area contributed by atoms with Crippen molar-refractivity contribution in [3.8, 4) is 0 Å². The molecule has 2 aromatic carbocycles. The number of nitrogens with zero attached hydrogens (tertiary/aromatic N) is 5. The Bertz CT molecular complexity index is 1070. The van der Waals surface area contributed by atoms with Crippen molar-refractivity contribution in [2.24, 2.45) is 9.50 Å². The van der Waals surface area contributed by atoms with E-state index in [1.165, 1.54) is 10.6 Å². The van der Waals surface area contributed by atoms with Crippen molar-refractivity contribution in [3.05, 3.63) is 70.7 Å². The van der Waals surface area contributed by atoms with E-state index in [0.29, 0.717) is 24.7 Å². The van der Waals surface area contributed by atoms with Gasteiger partial charge in [-0.15, -0.1) is 4.40 Å². The first-order valence-corrected chi connectivity index (χ1v) is 12.7. The first-order valence-electron chi connectivity index (χ1n) is 10.9. The van der Waals surface area contributed by atoms with E-state index in [0.717, 1.165) is 42.5 Å². The van der Waals surface area contributed by atoms with Crippen LogP contribution in [0.4, 0.5) is 0 Å². The second kappa shape index (κ2) is 10.0. The summed E-state index contributed by atoms with van der Waals surface area (Å²) in [5, 5.41) is 8.86. The van der Waals surface area contributed by atoms with E-state index in [2.05, 4.69) is 16.5 Å². The molecule has 1 unspecified atom stereocenters. The Labute approximate surface area is 195 Å². The Balaban J connectivity index is 1.56. The fourth-order valence-electron chi connectivity index (χ4n) is 4.04. The molecule has 0 amide bonds. The lowest BCUT2D eigenvalue weighted by molar-refractivity contribution is 0.0919. The molecule has 0 radical (unpaired) electrons. The molecule has 32 heavy (non-hydrogen) atoms. The zero-order valence-electron chi connectivity index (χ0n) is 18.1. The Hall–Kier alpha value is -2.42. The minimum Gasteiger partial charge on any atom is -0.261 e. The minimum atomic E-state index is -3.70. The lowest BCUT2D eigenvalue weighted by Gasteiger charge is -2.25. The Morgan fingerprint density at radius 1 is 1.03 bits per heavy atom. The number of rotatable bonds is 6. The summed E-state index contributed by atoms with van der Waals surface area (Å²) in [5.41, 5.74) is 3.03. The van der Waals surface area contributed by atoms with Crippen LogP contribution < -0.4 is 0 Å². The van der Waals surface area contributed by atoms with Gasteiger partial charge in [0.2, 0.25) is 0 Å². The second-order valence-corrected chi connectivity index (χ2v) is 10.2. The van der Waals surface area contributed by atoms with Crippen LogP contribution in [0.1, 0.15) is 42.7 Å². The summed E-state index contributed by atoms with van der Waals surface area (Å²) >= 11 is 6.07. The van der Waals surface area contributed by atoms with Crippen molar-refractivity contribution in [2.45, 2.75) is 31.6 Å². The number of halogens is 1. The third kappa shape index (κ3) is 5.31. The Morgan fingerprint density at radius 2 is 1.69 bits per heavy atom. The average Bonchev–Trinajstić information content (AvgIpc) is 3.05. The lowest BCUT2D eigenvalue weighted by atomic mass is 9.91. The first kappa shape index (κ1) is 22.8. The number of hydrazine groups is 1. The van der Waals surface area contributed by atoms with Gasteiger partial charge >= 0.3 is 10.2 Å². The Kier molecular flexibility index (Phi) is 7.13. The summed E-state index contributed by atoms with van der Waals surface area (Å²) in [7, 11) is -1.93. The Morgan fingerprint density at radius 3 is 2.34 bits per heavy atom. The highest BCUT2D eigenvalue weighted by Gasteiger charge is 2.31. The van der Waals surface area contributed by atoms with Gasteiger partial charge in [0.1, 0.15) is 6.34 Å². The molecule has 1 atom stereocenters. The molecule has 0 aliphatic carbocycles. The predicted molar refractivity (Wildman–Crippen MR) is 129 cm³/mol. The third-order valence-electron chi connectivity index (χ3n) is 5.84. The quantitative estimate of drug-likeness (QED) is 0.467. The van der Waals surface area contributed by atoms with Gasteiger partial charge in [-0.3, -0.25) is 5.01 Å². The van der Waals surface area contributed by atoms with Crippen LogP contribution in [0.25, 0.3) is 0 Å². The zero-order chi connectivity index (χ0) is 22.6. The van der Waals surface area contributed by atoms with E-state index >= 15 is 0 Å². The van der Waals surface area contributed by atoms with Gasteiger partial charge in [-0.05, 0) is 36.1 Å². The molecule has 1 saturated heterocycles. The van der Waals surface area contributed by atoms with Gasteiger partial charge in [0.25, 0.3) is 0 Å². The van der Waals surface area contributed by atoms with Gasteiger partial charge < -0.3 is 0 Å². The molecule has 2 heterocycles. The van der Waals surface area contributed by atoms with E-state index in [1.54, 1.807) is 17.2 Å². The van der Waals surface area contributed by atoms with Crippen LogP contribution in [0, 0.1) is 0 Å². The molecular formula is C23H28ClN5O2S. The van der Waals surface area contributed by atoms with Gasteiger partial charge in [-0.2, -0.15) is 17.8 Å². The number of hydrogen-bond donors (Lipinski definition) is 0. The van der Waals surface area contributed by atoms with E-state index in [9.17, 15) is 8.42 Å². The molecule has 0 saturated carbocycles. The highest BCUT2D eigenvalue weighted by Crippen LogP contribution is 2.29. The monoisotopic (exact) mass is 473 g/mol. The normalized spacial score (nSPS) is 20.4. The van der Waals surface area contributed by atoms with Gasteiger partial charge in [-0.1, -0.05) is 66.9 Å². The molecule has 2 aliphatic heterocycles. The summed E-state index contributed by atoms with van der Waals surface area (Å²) in [6.45, 7) is 1.64. The first-order chi connectivity index (χ1) is 15.4. The maximum Gasteiger partial charge on any atom is 0.323 e. The van der Waals surface area contributed by atoms with Crippen molar-refractivity contribution >= 4 is 33.9 Å². The van der Waals surface area contributed by atoms with Gasteiger partial charge in [-0.25, -0.2) is 5.12 Å². The fourth-order valence-corrected chi connectivity index (χ4v) is 5.27. The molecule has 9 heteroatoms. The van der Waals surface area contributed by atoms with Crippen LogP contribution in [0.3, 0.4) is 0 Å².